The summed E-state index contributed by atoms with van der Waals surface area (Å²) in [5, 5.41) is 8.87. The van der Waals surface area contributed by atoms with Crippen LogP contribution in [0.5, 0.6) is 0 Å². The lowest BCUT2D eigenvalue weighted by molar-refractivity contribution is 0.608. The molecule has 0 saturated heterocycles. The highest BCUT2D eigenvalue weighted by Crippen LogP contribution is 2.25. The molecule has 0 bridgehead atoms. The lowest BCUT2D eigenvalue weighted by atomic mass is 10.0. The van der Waals surface area contributed by atoms with Crippen molar-refractivity contribution in [2.24, 2.45) is 0 Å². The molecule has 0 aliphatic heterocycles. The molecular weight excluding hydrogens is 269 g/mol. The van der Waals surface area contributed by atoms with E-state index in [-0.39, 0.29) is 10.8 Å². The standard InChI is InChI=1S/C10H9Cl2NO2S/c1-2-7-3-9(6-13)8(5-11)4-10(7)16(12,14)15/h3-4H,2,5H2,1H3. The van der Waals surface area contributed by atoms with Crippen molar-refractivity contribution >= 4 is 31.3 Å². The highest BCUT2D eigenvalue weighted by molar-refractivity contribution is 8.13. The van der Waals surface area contributed by atoms with Crippen molar-refractivity contribution in [3.8, 4) is 6.07 Å². The minimum absolute atomic E-state index is 0.0336. The van der Waals surface area contributed by atoms with Crippen molar-refractivity contribution in [3.63, 3.8) is 0 Å². The Morgan fingerprint density at radius 2 is 2.00 bits per heavy atom. The molecule has 0 N–H and O–H groups in total. The Bertz CT molecular complexity index is 547. The second-order valence-electron chi connectivity index (χ2n) is 3.15. The molecule has 1 aromatic rings. The third-order valence-corrected chi connectivity index (χ3v) is 3.89. The molecule has 1 aromatic carbocycles. The van der Waals surface area contributed by atoms with E-state index in [4.69, 9.17) is 27.5 Å². The molecule has 6 heteroatoms. The number of nitrogens with zero attached hydrogens (tertiary/aromatic N) is 1. The first-order valence-electron chi connectivity index (χ1n) is 4.50. The number of hydrogen-bond acceptors (Lipinski definition) is 3. The first kappa shape index (κ1) is 13.3. The van der Waals surface area contributed by atoms with E-state index in [1.165, 1.54) is 12.1 Å². The van der Waals surface area contributed by atoms with Crippen LogP contribution in [0, 0.1) is 11.3 Å². The van der Waals surface area contributed by atoms with Gasteiger partial charge in [0.05, 0.1) is 16.5 Å². The molecule has 0 unspecified atom stereocenters. The Morgan fingerprint density at radius 3 is 2.38 bits per heavy atom. The average Bonchev–Trinajstić information content (AvgIpc) is 2.25. The molecule has 0 fully saturated rings. The van der Waals surface area contributed by atoms with Gasteiger partial charge in [0.1, 0.15) is 0 Å². The number of rotatable bonds is 3. The lowest BCUT2D eigenvalue weighted by Crippen LogP contribution is -2.01. The Labute approximate surface area is 104 Å². The van der Waals surface area contributed by atoms with E-state index in [2.05, 4.69) is 0 Å². The summed E-state index contributed by atoms with van der Waals surface area (Å²) >= 11 is 5.64. The Kier molecular flexibility index (Phi) is 4.20. The van der Waals surface area contributed by atoms with Crippen LogP contribution in [-0.2, 0) is 21.4 Å². The van der Waals surface area contributed by atoms with E-state index in [1.54, 1.807) is 6.92 Å². The van der Waals surface area contributed by atoms with Crippen LogP contribution in [-0.4, -0.2) is 8.42 Å². The maximum absolute atomic E-state index is 11.3. The van der Waals surface area contributed by atoms with Gasteiger partial charge in [0.25, 0.3) is 9.05 Å². The predicted octanol–water partition coefficient (Wildman–Crippen LogP) is 2.79. The Balaban J connectivity index is 3.58. The molecule has 0 saturated carbocycles. The fourth-order valence-corrected chi connectivity index (χ4v) is 2.84. The first-order chi connectivity index (χ1) is 7.43. The second-order valence-corrected chi connectivity index (χ2v) is 5.96. The quantitative estimate of drug-likeness (QED) is 0.631. The van der Waals surface area contributed by atoms with Crippen molar-refractivity contribution in [1.29, 1.82) is 5.26 Å². The van der Waals surface area contributed by atoms with Crippen molar-refractivity contribution in [1.82, 2.24) is 0 Å². The highest BCUT2D eigenvalue weighted by atomic mass is 35.7. The summed E-state index contributed by atoms with van der Waals surface area (Å²) in [5.74, 6) is 0.0757. The molecule has 0 amide bonds. The van der Waals surface area contributed by atoms with Gasteiger partial charge >= 0.3 is 0 Å². The topological polar surface area (TPSA) is 57.9 Å². The summed E-state index contributed by atoms with van der Waals surface area (Å²) in [6.07, 6.45) is 0.485. The van der Waals surface area contributed by atoms with E-state index in [0.717, 1.165) is 0 Å². The van der Waals surface area contributed by atoms with Gasteiger partial charge in [-0.3, -0.25) is 0 Å². The molecule has 16 heavy (non-hydrogen) atoms. The summed E-state index contributed by atoms with van der Waals surface area (Å²) in [6.45, 7) is 1.79. The van der Waals surface area contributed by atoms with Crippen LogP contribution < -0.4 is 0 Å². The number of halogens is 2. The van der Waals surface area contributed by atoms with Crippen LogP contribution in [0.15, 0.2) is 17.0 Å². The van der Waals surface area contributed by atoms with E-state index in [0.29, 0.717) is 23.1 Å². The molecule has 0 spiro atoms. The van der Waals surface area contributed by atoms with Crippen molar-refractivity contribution in [3.05, 3.63) is 28.8 Å². The summed E-state index contributed by atoms with van der Waals surface area (Å²) in [7, 11) is 1.51. The molecule has 0 aliphatic rings. The van der Waals surface area contributed by atoms with Gasteiger partial charge in [-0.25, -0.2) is 8.42 Å². The zero-order chi connectivity index (χ0) is 12.3. The minimum Gasteiger partial charge on any atom is -0.207 e. The fourth-order valence-electron chi connectivity index (χ4n) is 1.38. The molecule has 0 heterocycles. The van der Waals surface area contributed by atoms with Crippen molar-refractivity contribution in [2.45, 2.75) is 24.1 Å². The van der Waals surface area contributed by atoms with Gasteiger partial charge in [0, 0.05) is 16.6 Å². The Hall–Kier alpha value is -0.760. The van der Waals surface area contributed by atoms with E-state index in [1.807, 2.05) is 6.07 Å². The van der Waals surface area contributed by atoms with Crippen LogP contribution in [0.3, 0.4) is 0 Å². The number of benzene rings is 1. The molecule has 1 rings (SSSR count). The lowest BCUT2D eigenvalue weighted by Gasteiger charge is -2.08. The van der Waals surface area contributed by atoms with Gasteiger partial charge in [0.15, 0.2) is 0 Å². The summed E-state index contributed by atoms with van der Waals surface area (Å²) in [5.41, 5.74) is 1.39. The van der Waals surface area contributed by atoms with Crippen molar-refractivity contribution < 1.29 is 8.42 Å². The SMILES string of the molecule is CCc1cc(C#N)c(CCl)cc1S(=O)(=O)Cl. The molecule has 86 valence electrons. The van der Waals surface area contributed by atoms with Gasteiger partial charge < -0.3 is 0 Å². The van der Waals surface area contributed by atoms with Gasteiger partial charge in [-0.15, -0.1) is 11.6 Å². The van der Waals surface area contributed by atoms with E-state index in [9.17, 15) is 8.42 Å². The zero-order valence-corrected chi connectivity index (χ0v) is 10.8. The van der Waals surface area contributed by atoms with Gasteiger partial charge in [-0.05, 0) is 29.7 Å². The van der Waals surface area contributed by atoms with E-state index < -0.39 is 9.05 Å². The predicted molar refractivity (Wildman–Crippen MR) is 63.1 cm³/mol. The molecule has 0 aliphatic carbocycles. The van der Waals surface area contributed by atoms with Crippen LogP contribution in [0.1, 0.15) is 23.6 Å². The van der Waals surface area contributed by atoms with Gasteiger partial charge in [0.2, 0.25) is 0 Å². The second kappa shape index (κ2) is 5.05. The maximum atomic E-state index is 11.3. The normalized spacial score (nSPS) is 11.1. The van der Waals surface area contributed by atoms with Crippen LogP contribution in [0.25, 0.3) is 0 Å². The number of nitriles is 1. The molecule has 3 nitrogen and oxygen atoms in total. The van der Waals surface area contributed by atoms with Crippen LogP contribution in [0.4, 0.5) is 0 Å². The highest BCUT2D eigenvalue weighted by Gasteiger charge is 2.17. The monoisotopic (exact) mass is 277 g/mol. The average molecular weight is 278 g/mol. The summed E-state index contributed by atoms with van der Waals surface area (Å²) in [4.78, 5) is 0.0336. The smallest absolute Gasteiger partial charge is 0.207 e. The van der Waals surface area contributed by atoms with Crippen LogP contribution in [0.2, 0.25) is 0 Å². The van der Waals surface area contributed by atoms with Gasteiger partial charge in [-0.2, -0.15) is 5.26 Å². The summed E-state index contributed by atoms with van der Waals surface area (Å²) in [6, 6.07) is 4.87. The van der Waals surface area contributed by atoms with Crippen LogP contribution >= 0.6 is 22.3 Å². The van der Waals surface area contributed by atoms with E-state index >= 15 is 0 Å². The van der Waals surface area contributed by atoms with Gasteiger partial charge in [-0.1, -0.05) is 6.92 Å². The number of aryl methyl sites for hydroxylation is 1. The Morgan fingerprint density at radius 1 is 1.38 bits per heavy atom. The maximum Gasteiger partial charge on any atom is 0.261 e. The molecule has 0 atom stereocenters. The minimum atomic E-state index is -3.80. The zero-order valence-electron chi connectivity index (χ0n) is 8.50. The molecule has 0 aromatic heterocycles. The molecular formula is C10H9Cl2NO2S. The third kappa shape index (κ3) is 2.67. The summed E-state index contributed by atoms with van der Waals surface area (Å²) < 4.78 is 22.6. The number of alkyl halides is 1. The van der Waals surface area contributed by atoms with Crippen molar-refractivity contribution in [2.75, 3.05) is 0 Å². The first-order valence-corrected chi connectivity index (χ1v) is 7.35. The largest absolute Gasteiger partial charge is 0.261 e. The fraction of sp³-hybridized carbons (Fsp3) is 0.300. The third-order valence-electron chi connectivity index (χ3n) is 2.19. The molecule has 0 radical (unpaired) electrons. The number of hydrogen-bond donors (Lipinski definition) is 0.